The monoisotopic (exact) mass is 501 g/mol. The Morgan fingerprint density at radius 2 is 1.63 bits per heavy atom. The van der Waals surface area contributed by atoms with E-state index in [0.29, 0.717) is 17.1 Å². The summed E-state index contributed by atoms with van der Waals surface area (Å²) in [6, 6.07) is 21.4. The van der Waals surface area contributed by atoms with Crippen LogP contribution in [0.15, 0.2) is 78.9 Å². The summed E-state index contributed by atoms with van der Waals surface area (Å²) >= 11 is 6.17. The zero-order valence-electron chi connectivity index (χ0n) is 18.3. The molecule has 1 heterocycles. The third-order valence-electron chi connectivity index (χ3n) is 5.27. The summed E-state index contributed by atoms with van der Waals surface area (Å²) in [6.45, 7) is -0.163. The summed E-state index contributed by atoms with van der Waals surface area (Å²) in [5.74, 6) is 0.455. The van der Waals surface area contributed by atoms with E-state index in [-0.39, 0.29) is 17.3 Å². The molecule has 4 aromatic rings. The highest BCUT2D eigenvalue weighted by atomic mass is 35.5. The molecule has 0 unspecified atom stereocenters. The fourth-order valence-electron chi connectivity index (χ4n) is 3.38. The second-order valence-corrected chi connectivity index (χ2v) is 7.99. The number of hydrogen-bond acceptors (Lipinski definition) is 3. The van der Waals surface area contributed by atoms with E-state index in [1.54, 1.807) is 72.8 Å². The molecule has 35 heavy (non-hydrogen) atoms. The minimum absolute atomic E-state index is 0.163. The molecule has 1 aromatic heterocycles. The molecule has 0 bridgehead atoms. The molecule has 0 atom stereocenters. The average Bonchev–Trinajstić information content (AvgIpc) is 3.28. The van der Waals surface area contributed by atoms with Gasteiger partial charge in [-0.1, -0.05) is 48.0 Å². The molecule has 0 saturated heterocycles. The largest absolute Gasteiger partial charge is 0.487 e. The number of aromatic nitrogens is 2. The van der Waals surface area contributed by atoms with Crippen LogP contribution in [0.4, 0.5) is 23.7 Å². The molecule has 0 fully saturated rings. The van der Waals surface area contributed by atoms with Gasteiger partial charge < -0.3 is 9.84 Å². The number of anilines is 1. The summed E-state index contributed by atoms with van der Waals surface area (Å²) in [5, 5.41) is 13.0. The van der Waals surface area contributed by atoms with Crippen molar-refractivity contribution < 1.29 is 27.8 Å². The minimum atomic E-state index is -4.61. The molecular weight excluding hydrogens is 483 g/mol. The molecule has 1 amide bonds. The molecule has 4 rings (SSSR count). The number of alkyl halides is 3. The number of carbonyl (C=O) groups is 1. The highest BCUT2D eigenvalue weighted by Gasteiger charge is 2.35. The van der Waals surface area contributed by atoms with Gasteiger partial charge >= 0.3 is 12.3 Å². The Morgan fingerprint density at radius 1 is 1.03 bits per heavy atom. The van der Waals surface area contributed by atoms with Gasteiger partial charge in [-0.25, -0.2) is 9.48 Å². The van der Waals surface area contributed by atoms with Crippen molar-refractivity contribution in [2.45, 2.75) is 12.8 Å². The molecule has 10 heteroatoms. The maximum atomic E-state index is 13.3. The van der Waals surface area contributed by atoms with Crippen molar-refractivity contribution in [1.29, 1.82) is 0 Å². The maximum Gasteiger partial charge on any atom is 0.435 e. The van der Waals surface area contributed by atoms with E-state index in [9.17, 15) is 18.0 Å². The van der Waals surface area contributed by atoms with Crippen LogP contribution in [-0.4, -0.2) is 28.0 Å². The van der Waals surface area contributed by atoms with Crippen LogP contribution in [0.5, 0.6) is 5.75 Å². The summed E-state index contributed by atoms with van der Waals surface area (Å²) in [5.41, 5.74) is 1.73. The van der Waals surface area contributed by atoms with Crippen LogP contribution < -0.4 is 9.64 Å². The molecule has 6 nitrogen and oxygen atoms in total. The maximum absolute atomic E-state index is 13.3. The Bertz CT molecular complexity index is 1340. The SMILES string of the molecule is CN(C(=O)O)c1ccc(-c2ccc(OCc3cc(C(F)(F)F)nn3-c3ccccc3Cl)cc2)cc1. The lowest BCUT2D eigenvalue weighted by molar-refractivity contribution is -0.141. The first-order valence-electron chi connectivity index (χ1n) is 10.3. The van der Waals surface area contributed by atoms with E-state index < -0.39 is 18.0 Å². The van der Waals surface area contributed by atoms with Crippen LogP contribution >= 0.6 is 11.6 Å². The third kappa shape index (κ3) is 5.41. The second kappa shape index (κ2) is 9.71. The van der Waals surface area contributed by atoms with Crippen LogP contribution in [-0.2, 0) is 12.8 Å². The van der Waals surface area contributed by atoms with E-state index in [1.807, 2.05) is 0 Å². The van der Waals surface area contributed by atoms with Gasteiger partial charge in [0.15, 0.2) is 5.69 Å². The highest BCUT2D eigenvalue weighted by molar-refractivity contribution is 6.32. The molecular formula is C25H19ClF3N3O3. The lowest BCUT2D eigenvalue weighted by Crippen LogP contribution is -2.23. The van der Waals surface area contributed by atoms with Gasteiger partial charge in [0.05, 0.1) is 16.4 Å². The molecule has 1 N–H and O–H groups in total. The number of rotatable bonds is 6. The number of carboxylic acid groups (broad SMARTS) is 1. The number of hydrogen-bond donors (Lipinski definition) is 1. The van der Waals surface area contributed by atoms with Crippen molar-refractivity contribution >= 4 is 23.4 Å². The van der Waals surface area contributed by atoms with Crippen LogP contribution in [0.2, 0.25) is 5.02 Å². The second-order valence-electron chi connectivity index (χ2n) is 7.58. The minimum Gasteiger partial charge on any atom is -0.487 e. The first kappa shape index (κ1) is 24.2. The molecule has 0 aliphatic carbocycles. The van der Waals surface area contributed by atoms with Gasteiger partial charge in [-0.3, -0.25) is 4.90 Å². The van der Waals surface area contributed by atoms with Gasteiger partial charge in [0.2, 0.25) is 0 Å². The summed E-state index contributed by atoms with van der Waals surface area (Å²) in [4.78, 5) is 12.2. The van der Waals surface area contributed by atoms with Crippen molar-refractivity contribution in [3.8, 4) is 22.6 Å². The first-order chi connectivity index (χ1) is 16.6. The topological polar surface area (TPSA) is 67.6 Å². The van der Waals surface area contributed by atoms with E-state index in [2.05, 4.69) is 5.10 Å². The summed E-state index contributed by atoms with van der Waals surface area (Å²) in [6.07, 6.45) is -5.67. The van der Waals surface area contributed by atoms with Crippen molar-refractivity contribution in [2.24, 2.45) is 0 Å². The molecule has 180 valence electrons. The van der Waals surface area contributed by atoms with Crippen LogP contribution in [0, 0.1) is 0 Å². The molecule has 0 radical (unpaired) electrons. The van der Waals surface area contributed by atoms with Crippen molar-refractivity contribution in [3.63, 3.8) is 0 Å². The summed E-state index contributed by atoms with van der Waals surface area (Å²) < 4.78 is 46.8. The number of para-hydroxylation sites is 1. The van der Waals surface area contributed by atoms with Crippen LogP contribution in [0.1, 0.15) is 11.4 Å². The fourth-order valence-corrected chi connectivity index (χ4v) is 3.60. The van der Waals surface area contributed by atoms with E-state index in [4.69, 9.17) is 21.4 Å². The van der Waals surface area contributed by atoms with Gasteiger partial charge in [0.1, 0.15) is 12.4 Å². The molecule has 0 aliphatic rings. The zero-order chi connectivity index (χ0) is 25.2. The molecule has 0 spiro atoms. The Hall–Kier alpha value is -3.98. The standard InChI is InChI=1S/C25H19ClF3N3O3/c1-31(24(33)34)18-10-6-16(7-11-18)17-8-12-20(13-9-17)35-15-19-14-23(25(27,28)29)30-32(19)22-5-3-2-4-21(22)26/h2-14H,15H2,1H3,(H,33,34). The number of amides is 1. The van der Waals surface area contributed by atoms with Gasteiger partial charge in [0, 0.05) is 12.7 Å². The predicted octanol–water partition coefficient (Wildman–Crippen LogP) is 6.90. The average molecular weight is 502 g/mol. The Morgan fingerprint density at radius 3 is 2.20 bits per heavy atom. The first-order valence-corrected chi connectivity index (χ1v) is 10.7. The predicted molar refractivity (Wildman–Crippen MR) is 126 cm³/mol. The van der Waals surface area contributed by atoms with Crippen molar-refractivity contribution in [1.82, 2.24) is 9.78 Å². The lowest BCUT2D eigenvalue weighted by Gasteiger charge is -2.13. The molecule has 3 aromatic carbocycles. The molecule has 0 aliphatic heterocycles. The smallest absolute Gasteiger partial charge is 0.435 e. The Labute approximate surface area is 203 Å². The highest BCUT2D eigenvalue weighted by Crippen LogP contribution is 2.31. The fraction of sp³-hybridized carbons (Fsp3) is 0.120. The van der Waals surface area contributed by atoms with Crippen LogP contribution in [0.25, 0.3) is 16.8 Å². The Balaban J connectivity index is 1.52. The number of benzene rings is 3. The van der Waals surface area contributed by atoms with Crippen molar-refractivity contribution in [2.75, 3.05) is 11.9 Å². The number of nitrogens with zero attached hydrogens (tertiary/aromatic N) is 3. The van der Waals surface area contributed by atoms with Gasteiger partial charge in [-0.2, -0.15) is 18.3 Å². The van der Waals surface area contributed by atoms with Crippen LogP contribution in [0.3, 0.4) is 0 Å². The van der Waals surface area contributed by atoms with Crippen molar-refractivity contribution in [3.05, 3.63) is 95.3 Å². The number of ether oxygens (including phenoxy) is 1. The van der Waals surface area contributed by atoms with Gasteiger partial charge in [0.25, 0.3) is 0 Å². The van der Waals surface area contributed by atoms with E-state index in [0.717, 1.165) is 26.8 Å². The zero-order valence-corrected chi connectivity index (χ0v) is 19.1. The van der Waals surface area contributed by atoms with E-state index >= 15 is 0 Å². The Kier molecular flexibility index (Phi) is 6.70. The van der Waals surface area contributed by atoms with Gasteiger partial charge in [-0.05, 0) is 53.6 Å². The third-order valence-corrected chi connectivity index (χ3v) is 5.59. The van der Waals surface area contributed by atoms with E-state index in [1.165, 1.54) is 7.05 Å². The summed E-state index contributed by atoms with van der Waals surface area (Å²) in [7, 11) is 1.46. The molecule has 0 saturated carbocycles. The normalized spacial score (nSPS) is 11.3. The quantitative estimate of drug-likeness (QED) is 0.312. The number of halogens is 4. The van der Waals surface area contributed by atoms with Gasteiger partial charge in [-0.15, -0.1) is 0 Å². The lowest BCUT2D eigenvalue weighted by atomic mass is 10.1.